The molecule has 2 atom stereocenters. The van der Waals surface area contributed by atoms with Crippen molar-refractivity contribution in [3.8, 4) is 0 Å². The minimum absolute atomic E-state index is 0.236. The molecule has 0 saturated carbocycles. The molecule has 3 heterocycles. The smallest absolute Gasteiger partial charge is 0.225 e. The van der Waals surface area contributed by atoms with E-state index in [-0.39, 0.29) is 6.04 Å². The summed E-state index contributed by atoms with van der Waals surface area (Å²) in [6.45, 7) is 3.25. The largest absolute Gasteiger partial charge is 0.467 e. The van der Waals surface area contributed by atoms with Crippen LogP contribution in [-0.4, -0.2) is 16.5 Å². The minimum Gasteiger partial charge on any atom is -0.467 e. The van der Waals surface area contributed by atoms with Crippen LogP contribution in [-0.2, 0) is 0 Å². The molecule has 100 valence electrons. The standard InChI is InChI=1S/C14H16BrN3O/c1-10-4-5-18(14-16-8-11(15)9-17-14)12(7-10)13-3-2-6-19-13/h2-3,6,8-10,12H,4-5,7H2,1H3. The SMILES string of the molecule is CC1CCN(c2ncc(Br)cn2)C(c2ccco2)C1. The van der Waals surface area contributed by atoms with Crippen LogP contribution in [0.5, 0.6) is 0 Å². The molecule has 4 nitrogen and oxygen atoms in total. The van der Waals surface area contributed by atoms with Crippen molar-refractivity contribution in [1.29, 1.82) is 0 Å². The normalized spacial score (nSPS) is 23.6. The molecule has 0 bridgehead atoms. The second kappa shape index (κ2) is 5.33. The lowest BCUT2D eigenvalue weighted by Gasteiger charge is -2.37. The fourth-order valence-corrected chi connectivity index (χ4v) is 2.79. The maximum absolute atomic E-state index is 5.59. The van der Waals surface area contributed by atoms with Crippen LogP contribution in [0.1, 0.15) is 31.6 Å². The van der Waals surface area contributed by atoms with Crippen molar-refractivity contribution in [1.82, 2.24) is 9.97 Å². The molecular formula is C14H16BrN3O. The van der Waals surface area contributed by atoms with Crippen LogP contribution in [0.2, 0.25) is 0 Å². The molecule has 0 aromatic carbocycles. The monoisotopic (exact) mass is 321 g/mol. The van der Waals surface area contributed by atoms with Crippen LogP contribution in [0, 0.1) is 5.92 Å². The molecule has 1 aliphatic rings. The summed E-state index contributed by atoms with van der Waals surface area (Å²) in [6, 6.07) is 4.21. The average molecular weight is 322 g/mol. The van der Waals surface area contributed by atoms with Gasteiger partial charge in [-0.1, -0.05) is 6.92 Å². The van der Waals surface area contributed by atoms with Gasteiger partial charge in [0.05, 0.1) is 16.8 Å². The lowest BCUT2D eigenvalue weighted by atomic mass is 9.91. The molecular weight excluding hydrogens is 306 g/mol. The van der Waals surface area contributed by atoms with Crippen LogP contribution < -0.4 is 4.90 Å². The predicted octanol–water partition coefficient (Wildman–Crippen LogP) is 3.81. The molecule has 0 N–H and O–H groups in total. The molecule has 0 radical (unpaired) electrons. The summed E-state index contributed by atoms with van der Waals surface area (Å²) >= 11 is 3.37. The first kappa shape index (κ1) is 12.7. The molecule has 1 saturated heterocycles. The summed E-state index contributed by atoms with van der Waals surface area (Å²) in [5.74, 6) is 2.47. The topological polar surface area (TPSA) is 42.2 Å². The molecule has 19 heavy (non-hydrogen) atoms. The Kier molecular flexibility index (Phi) is 3.55. The third-order valence-electron chi connectivity index (χ3n) is 3.60. The Hall–Kier alpha value is -1.36. The van der Waals surface area contributed by atoms with Crippen LogP contribution in [0.4, 0.5) is 5.95 Å². The van der Waals surface area contributed by atoms with E-state index in [0.29, 0.717) is 5.92 Å². The minimum atomic E-state index is 0.236. The van der Waals surface area contributed by atoms with Crippen molar-refractivity contribution >= 4 is 21.9 Å². The number of hydrogen-bond acceptors (Lipinski definition) is 4. The fourth-order valence-electron chi connectivity index (χ4n) is 2.59. The number of piperidine rings is 1. The van der Waals surface area contributed by atoms with Gasteiger partial charge in [-0.25, -0.2) is 9.97 Å². The quantitative estimate of drug-likeness (QED) is 0.843. The second-order valence-corrected chi connectivity index (χ2v) is 5.97. The van der Waals surface area contributed by atoms with Gasteiger partial charge in [-0.15, -0.1) is 0 Å². The van der Waals surface area contributed by atoms with E-state index in [0.717, 1.165) is 35.6 Å². The van der Waals surface area contributed by atoms with Crippen molar-refractivity contribution in [2.24, 2.45) is 5.92 Å². The van der Waals surface area contributed by atoms with E-state index in [9.17, 15) is 0 Å². The van der Waals surface area contributed by atoms with Crippen molar-refractivity contribution in [3.05, 3.63) is 41.0 Å². The molecule has 0 spiro atoms. The van der Waals surface area contributed by atoms with Gasteiger partial charge in [0.1, 0.15) is 5.76 Å². The lowest BCUT2D eigenvalue weighted by molar-refractivity contribution is 0.325. The van der Waals surface area contributed by atoms with Gasteiger partial charge in [-0.3, -0.25) is 0 Å². The number of halogens is 1. The Morgan fingerprint density at radius 2 is 2.16 bits per heavy atom. The first-order valence-corrected chi connectivity index (χ1v) is 7.31. The highest BCUT2D eigenvalue weighted by atomic mass is 79.9. The highest BCUT2D eigenvalue weighted by molar-refractivity contribution is 9.10. The number of anilines is 1. The summed E-state index contributed by atoms with van der Waals surface area (Å²) in [5, 5.41) is 0. The first-order valence-electron chi connectivity index (χ1n) is 6.51. The first-order chi connectivity index (χ1) is 9.24. The summed E-state index contributed by atoms with van der Waals surface area (Å²) in [4.78, 5) is 11.1. The molecule has 3 rings (SSSR count). The number of furan rings is 1. The maximum atomic E-state index is 5.59. The number of hydrogen-bond donors (Lipinski definition) is 0. The van der Waals surface area contributed by atoms with Crippen molar-refractivity contribution in [3.63, 3.8) is 0 Å². The zero-order chi connectivity index (χ0) is 13.2. The van der Waals surface area contributed by atoms with Gasteiger partial charge in [-0.05, 0) is 46.8 Å². The Morgan fingerprint density at radius 3 is 2.84 bits per heavy atom. The van der Waals surface area contributed by atoms with Crippen molar-refractivity contribution < 1.29 is 4.42 Å². The van der Waals surface area contributed by atoms with Crippen LogP contribution in [0.15, 0.2) is 39.7 Å². The Balaban J connectivity index is 1.91. The lowest BCUT2D eigenvalue weighted by Crippen LogP contribution is -2.37. The molecule has 5 heteroatoms. The van der Waals surface area contributed by atoms with Crippen LogP contribution in [0.25, 0.3) is 0 Å². The van der Waals surface area contributed by atoms with E-state index in [1.165, 1.54) is 0 Å². The molecule has 2 aromatic heterocycles. The summed E-state index contributed by atoms with van der Waals surface area (Å²) in [7, 11) is 0. The van der Waals surface area contributed by atoms with Crippen molar-refractivity contribution in [2.45, 2.75) is 25.8 Å². The van der Waals surface area contributed by atoms with Gasteiger partial charge >= 0.3 is 0 Å². The number of aromatic nitrogens is 2. The Bertz CT molecular complexity index is 526. The zero-order valence-electron chi connectivity index (χ0n) is 10.8. The average Bonchev–Trinajstić information content (AvgIpc) is 2.94. The van der Waals surface area contributed by atoms with E-state index in [4.69, 9.17) is 4.42 Å². The molecule has 1 fully saturated rings. The molecule has 1 aliphatic heterocycles. The highest BCUT2D eigenvalue weighted by Gasteiger charge is 2.31. The van der Waals surface area contributed by atoms with E-state index < -0.39 is 0 Å². The van der Waals surface area contributed by atoms with E-state index in [1.54, 1.807) is 18.7 Å². The fraction of sp³-hybridized carbons (Fsp3) is 0.429. The zero-order valence-corrected chi connectivity index (χ0v) is 12.4. The predicted molar refractivity (Wildman–Crippen MR) is 76.9 cm³/mol. The van der Waals surface area contributed by atoms with Gasteiger partial charge in [-0.2, -0.15) is 0 Å². The van der Waals surface area contributed by atoms with Gasteiger partial charge in [0.2, 0.25) is 5.95 Å². The summed E-state index contributed by atoms with van der Waals surface area (Å²) < 4.78 is 6.49. The third-order valence-corrected chi connectivity index (χ3v) is 4.01. The summed E-state index contributed by atoms with van der Waals surface area (Å²) in [5.41, 5.74) is 0. The van der Waals surface area contributed by atoms with E-state index in [2.05, 4.69) is 37.7 Å². The van der Waals surface area contributed by atoms with Crippen LogP contribution in [0.3, 0.4) is 0 Å². The molecule has 0 aliphatic carbocycles. The third kappa shape index (κ3) is 2.66. The van der Waals surface area contributed by atoms with E-state index >= 15 is 0 Å². The maximum Gasteiger partial charge on any atom is 0.225 e. The highest BCUT2D eigenvalue weighted by Crippen LogP contribution is 2.36. The van der Waals surface area contributed by atoms with Gasteiger partial charge in [0.15, 0.2) is 0 Å². The summed E-state index contributed by atoms with van der Waals surface area (Å²) in [6.07, 6.45) is 7.55. The van der Waals surface area contributed by atoms with Gasteiger partial charge in [0.25, 0.3) is 0 Å². The molecule has 0 amide bonds. The van der Waals surface area contributed by atoms with Gasteiger partial charge < -0.3 is 9.32 Å². The van der Waals surface area contributed by atoms with Crippen LogP contribution >= 0.6 is 15.9 Å². The van der Waals surface area contributed by atoms with Gasteiger partial charge in [0, 0.05) is 18.9 Å². The van der Waals surface area contributed by atoms with E-state index in [1.807, 2.05) is 12.1 Å². The molecule has 2 aromatic rings. The number of rotatable bonds is 2. The Labute approximate surface area is 121 Å². The molecule has 2 unspecified atom stereocenters. The number of nitrogens with zero attached hydrogens (tertiary/aromatic N) is 3. The van der Waals surface area contributed by atoms with Crippen molar-refractivity contribution in [2.75, 3.05) is 11.4 Å². The second-order valence-electron chi connectivity index (χ2n) is 5.06. The Morgan fingerprint density at radius 1 is 1.37 bits per heavy atom.